The van der Waals surface area contributed by atoms with E-state index in [1.807, 2.05) is 24.3 Å². The van der Waals surface area contributed by atoms with Crippen LogP contribution >= 0.6 is 11.3 Å². The van der Waals surface area contributed by atoms with Crippen LogP contribution in [0, 0.1) is 0 Å². The highest BCUT2D eigenvalue weighted by atomic mass is 32.1. The summed E-state index contributed by atoms with van der Waals surface area (Å²) in [5.74, 6) is 0. The fourth-order valence-corrected chi connectivity index (χ4v) is 3.83. The number of rotatable bonds is 4. The van der Waals surface area contributed by atoms with Gasteiger partial charge in [-0.05, 0) is 40.0 Å². The number of nitrogens with zero attached hydrogens (tertiary/aromatic N) is 3. The van der Waals surface area contributed by atoms with E-state index in [2.05, 4.69) is 18.8 Å². The second kappa shape index (κ2) is 7.42. The SMILES string of the molecule is CO[C@H](C)c1nc(CN(C)C(=O)N2[C@@H](C)CCC[C@@H]2C)cs1. The number of urea groups is 1. The molecule has 0 spiro atoms. The van der Waals surface area contributed by atoms with E-state index >= 15 is 0 Å². The van der Waals surface area contributed by atoms with Gasteiger partial charge in [-0.25, -0.2) is 9.78 Å². The van der Waals surface area contributed by atoms with Crippen molar-refractivity contribution >= 4 is 17.4 Å². The third-order valence-electron chi connectivity index (χ3n) is 4.41. The maximum absolute atomic E-state index is 12.7. The zero-order valence-electron chi connectivity index (χ0n) is 14.2. The fourth-order valence-electron chi connectivity index (χ4n) is 2.99. The number of piperidine rings is 1. The molecular formula is C16H27N3O2S. The summed E-state index contributed by atoms with van der Waals surface area (Å²) in [5.41, 5.74) is 0.928. The first kappa shape index (κ1) is 17.2. The maximum atomic E-state index is 12.7. The minimum absolute atomic E-state index is 0.00176. The molecule has 1 aliphatic rings. The number of amides is 2. The van der Waals surface area contributed by atoms with Gasteiger partial charge in [0.25, 0.3) is 0 Å². The molecule has 0 aliphatic carbocycles. The quantitative estimate of drug-likeness (QED) is 0.848. The van der Waals surface area contributed by atoms with Gasteiger partial charge >= 0.3 is 6.03 Å². The summed E-state index contributed by atoms with van der Waals surface area (Å²) in [7, 11) is 3.54. The number of likely N-dealkylation sites (tertiary alicyclic amines) is 1. The average Bonchev–Trinajstić information content (AvgIpc) is 2.94. The van der Waals surface area contributed by atoms with E-state index in [-0.39, 0.29) is 12.1 Å². The van der Waals surface area contributed by atoms with E-state index in [1.54, 1.807) is 23.3 Å². The molecule has 1 aromatic heterocycles. The third kappa shape index (κ3) is 3.79. The van der Waals surface area contributed by atoms with Crippen molar-refractivity contribution in [1.82, 2.24) is 14.8 Å². The van der Waals surface area contributed by atoms with Crippen LogP contribution in [0.4, 0.5) is 4.79 Å². The van der Waals surface area contributed by atoms with Crippen LogP contribution in [-0.4, -0.2) is 47.1 Å². The summed E-state index contributed by atoms with van der Waals surface area (Å²) in [6.45, 7) is 6.81. The topological polar surface area (TPSA) is 45.7 Å². The molecule has 3 atom stereocenters. The Kier molecular flexibility index (Phi) is 5.81. The smallest absolute Gasteiger partial charge is 0.320 e. The molecule has 2 rings (SSSR count). The lowest BCUT2D eigenvalue weighted by Crippen LogP contribution is -2.52. The lowest BCUT2D eigenvalue weighted by atomic mass is 9.98. The van der Waals surface area contributed by atoms with Crippen molar-refractivity contribution in [2.24, 2.45) is 0 Å². The number of hydrogen-bond donors (Lipinski definition) is 0. The van der Waals surface area contributed by atoms with Crippen molar-refractivity contribution in [2.45, 2.75) is 64.8 Å². The van der Waals surface area contributed by atoms with Crippen LogP contribution in [0.1, 0.15) is 56.8 Å². The number of aromatic nitrogens is 1. The van der Waals surface area contributed by atoms with Crippen LogP contribution in [0.5, 0.6) is 0 Å². The molecule has 0 N–H and O–H groups in total. The van der Waals surface area contributed by atoms with Gasteiger partial charge in [-0.3, -0.25) is 0 Å². The molecule has 1 fully saturated rings. The summed E-state index contributed by atoms with van der Waals surface area (Å²) in [4.78, 5) is 21.1. The molecule has 22 heavy (non-hydrogen) atoms. The number of carbonyl (C=O) groups excluding carboxylic acids is 1. The summed E-state index contributed by atoms with van der Waals surface area (Å²) in [5, 5.41) is 2.97. The van der Waals surface area contributed by atoms with Crippen LogP contribution in [0.3, 0.4) is 0 Å². The van der Waals surface area contributed by atoms with Gasteiger partial charge in [0.15, 0.2) is 0 Å². The summed E-state index contributed by atoms with van der Waals surface area (Å²) in [6.07, 6.45) is 3.40. The Morgan fingerprint density at radius 2 is 2.14 bits per heavy atom. The highest BCUT2D eigenvalue weighted by molar-refractivity contribution is 7.09. The normalized spacial score (nSPS) is 23.4. The Morgan fingerprint density at radius 1 is 1.50 bits per heavy atom. The zero-order chi connectivity index (χ0) is 16.3. The second-order valence-corrected chi connectivity index (χ2v) is 7.12. The van der Waals surface area contributed by atoms with Crippen molar-refractivity contribution < 1.29 is 9.53 Å². The van der Waals surface area contributed by atoms with Gasteiger partial charge in [0.2, 0.25) is 0 Å². The van der Waals surface area contributed by atoms with Gasteiger partial charge in [0.05, 0.1) is 12.2 Å². The first-order valence-electron chi connectivity index (χ1n) is 7.94. The zero-order valence-corrected chi connectivity index (χ0v) is 15.0. The van der Waals surface area contributed by atoms with E-state index in [0.717, 1.165) is 23.5 Å². The maximum Gasteiger partial charge on any atom is 0.320 e. The lowest BCUT2D eigenvalue weighted by molar-refractivity contribution is 0.0964. The van der Waals surface area contributed by atoms with Gasteiger partial charge in [-0.2, -0.15) is 0 Å². The predicted octanol–water partition coefficient (Wildman–Crippen LogP) is 3.67. The standard InChI is InChI=1S/C16H27N3O2S/c1-11-7-6-8-12(2)19(11)16(20)18(4)9-14-10-22-15(17-14)13(3)21-5/h10-13H,6-9H2,1-5H3/t11-,12-,13+/m0/s1. The van der Waals surface area contributed by atoms with E-state index in [9.17, 15) is 4.79 Å². The van der Waals surface area contributed by atoms with Gasteiger partial charge in [0.1, 0.15) is 11.1 Å². The molecule has 0 bridgehead atoms. The van der Waals surface area contributed by atoms with Crippen LogP contribution in [-0.2, 0) is 11.3 Å². The number of carbonyl (C=O) groups is 1. The van der Waals surface area contributed by atoms with Crippen molar-refractivity contribution in [1.29, 1.82) is 0 Å². The van der Waals surface area contributed by atoms with Crippen molar-refractivity contribution in [2.75, 3.05) is 14.2 Å². The molecule has 6 heteroatoms. The number of methoxy groups -OCH3 is 1. The van der Waals surface area contributed by atoms with Crippen molar-refractivity contribution in [3.63, 3.8) is 0 Å². The molecule has 0 saturated carbocycles. The second-order valence-electron chi connectivity index (χ2n) is 6.23. The van der Waals surface area contributed by atoms with Crippen LogP contribution < -0.4 is 0 Å². The van der Waals surface area contributed by atoms with E-state index in [1.165, 1.54) is 6.42 Å². The highest BCUT2D eigenvalue weighted by Crippen LogP contribution is 2.25. The lowest BCUT2D eigenvalue weighted by Gasteiger charge is -2.41. The number of thiazole rings is 1. The molecule has 2 heterocycles. The number of hydrogen-bond acceptors (Lipinski definition) is 4. The Hall–Kier alpha value is -1.14. The van der Waals surface area contributed by atoms with Crippen LogP contribution in [0.25, 0.3) is 0 Å². The minimum Gasteiger partial charge on any atom is -0.375 e. The van der Waals surface area contributed by atoms with Gasteiger partial charge in [-0.1, -0.05) is 0 Å². The van der Waals surface area contributed by atoms with Crippen molar-refractivity contribution in [3.8, 4) is 0 Å². The highest BCUT2D eigenvalue weighted by Gasteiger charge is 2.31. The van der Waals surface area contributed by atoms with Gasteiger partial charge < -0.3 is 14.5 Å². The van der Waals surface area contributed by atoms with E-state index in [4.69, 9.17) is 4.74 Å². The Labute approximate surface area is 137 Å². The van der Waals surface area contributed by atoms with Gasteiger partial charge in [-0.15, -0.1) is 11.3 Å². The summed E-state index contributed by atoms with van der Waals surface area (Å²) in [6, 6.07) is 0.741. The molecule has 2 amide bonds. The first-order chi connectivity index (χ1) is 10.4. The Bertz CT molecular complexity index is 495. The van der Waals surface area contributed by atoms with Gasteiger partial charge in [0, 0.05) is 31.6 Å². The largest absolute Gasteiger partial charge is 0.375 e. The van der Waals surface area contributed by atoms with E-state index < -0.39 is 0 Å². The Balaban J connectivity index is 2.00. The molecule has 1 aliphatic heterocycles. The Morgan fingerprint density at radius 3 is 2.73 bits per heavy atom. The molecule has 0 radical (unpaired) electrons. The van der Waals surface area contributed by atoms with E-state index in [0.29, 0.717) is 18.6 Å². The first-order valence-corrected chi connectivity index (χ1v) is 8.82. The molecule has 5 nitrogen and oxygen atoms in total. The summed E-state index contributed by atoms with van der Waals surface area (Å²) < 4.78 is 5.28. The average molecular weight is 325 g/mol. The molecular weight excluding hydrogens is 298 g/mol. The molecule has 1 aromatic rings. The molecule has 124 valence electrons. The molecule has 1 saturated heterocycles. The van der Waals surface area contributed by atoms with Crippen LogP contribution in [0.2, 0.25) is 0 Å². The summed E-state index contributed by atoms with van der Waals surface area (Å²) >= 11 is 1.58. The van der Waals surface area contributed by atoms with Crippen molar-refractivity contribution in [3.05, 3.63) is 16.1 Å². The molecule has 0 aromatic carbocycles. The monoisotopic (exact) mass is 325 g/mol. The third-order valence-corrected chi connectivity index (χ3v) is 5.47. The fraction of sp³-hybridized carbons (Fsp3) is 0.750. The number of ether oxygens (including phenoxy) is 1. The van der Waals surface area contributed by atoms with Crippen LogP contribution in [0.15, 0.2) is 5.38 Å². The minimum atomic E-state index is 0.00176. The predicted molar refractivity (Wildman–Crippen MR) is 89.0 cm³/mol. The molecule has 0 unspecified atom stereocenters.